The summed E-state index contributed by atoms with van der Waals surface area (Å²) in [5.41, 5.74) is 4.88. The molecule has 112 valence electrons. The molecule has 0 bridgehead atoms. The highest BCUT2D eigenvalue weighted by molar-refractivity contribution is 5.80. The van der Waals surface area contributed by atoms with Crippen LogP contribution in [0.4, 0.5) is 17.1 Å². The highest BCUT2D eigenvalue weighted by atomic mass is 16.1. The van der Waals surface area contributed by atoms with Crippen LogP contribution in [-0.2, 0) is 0 Å². The molecule has 0 unspecified atom stereocenters. The van der Waals surface area contributed by atoms with Crippen molar-refractivity contribution in [2.24, 2.45) is 0 Å². The molecule has 0 radical (unpaired) electrons. The fraction of sp³-hybridized carbons (Fsp3) is 0. The minimum atomic E-state index is 0.670. The predicted octanol–water partition coefficient (Wildman–Crippen LogP) is 5.61. The monoisotopic (exact) mass is 299 g/mol. The summed E-state index contributed by atoms with van der Waals surface area (Å²) >= 11 is 0. The summed E-state index contributed by atoms with van der Waals surface area (Å²) in [4.78, 5) is 13.0. The van der Waals surface area contributed by atoms with Gasteiger partial charge in [0.05, 0.1) is 0 Å². The molecule has 23 heavy (non-hydrogen) atoms. The van der Waals surface area contributed by atoms with E-state index in [0.29, 0.717) is 5.56 Å². The number of benzene rings is 3. The van der Waals surface area contributed by atoms with Crippen LogP contribution in [0.25, 0.3) is 6.08 Å². The Morgan fingerprint density at radius 2 is 1.13 bits per heavy atom. The van der Waals surface area contributed by atoms with Gasteiger partial charge in [0.25, 0.3) is 0 Å². The van der Waals surface area contributed by atoms with E-state index in [4.69, 9.17) is 0 Å². The molecule has 0 atom stereocenters. The van der Waals surface area contributed by atoms with E-state index in [1.165, 1.54) is 0 Å². The van der Waals surface area contributed by atoms with Gasteiger partial charge in [-0.15, -0.1) is 0 Å². The first-order chi connectivity index (χ1) is 11.3. The van der Waals surface area contributed by atoms with E-state index >= 15 is 0 Å². The van der Waals surface area contributed by atoms with E-state index < -0.39 is 0 Å². The Bertz CT molecular complexity index is 738. The maximum Gasteiger partial charge on any atom is 0.150 e. The summed E-state index contributed by atoms with van der Waals surface area (Å²) in [5.74, 6) is 0. The Labute approximate surface area is 136 Å². The molecule has 0 heterocycles. The first-order valence-electron chi connectivity index (χ1n) is 7.45. The second-order valence-electron chi connectivity index (χ2n) is 5.18. The van der Waals surface area contributed by atoms with Crippen LogP contribution < -0.4 is 4.90 Å². The molecule has 0 N–H and O–H groups in total. The summed E-state index contributed by atoms with van der Waals surface area (Å²) in [6.45, 7) is 3.79. The maximum atomic E-state index is 10.9. The molecule has 0 spiro atoms. The fourth-order valence-electron chi connectivity index (χ4n) is 2.49. The molecule has 0 saturated heterocycles. The molecule has 0 aliphatic rings. The van der Waals surface area contributed by atoms with E-state index in [2.05, 4.69) is 35.7 Å². The van der Waals surface area contributed by atoms with Gasteiger partial charge in [-0.1, -0.05) is 43.0 Å². The van der Waals surface area contributed by atoms with E-state index in [-0.39, 0.29) is 0 Å². The molecule has 0 fully saturated rings. The number of hydrogen-bond donors (Lipinski definition) is 0. The zero-order valence-corrected chi connectivity index (χ0v) is 12.7. The van der Waals surface area contributed by atoms with Crippen molar-refractivity contribution in [3.8, 4) is 0 Å². The molecule has 3 aromatic carbocycles. The Morgan fingerprint density at radius 1 is 0.652 bits per heavy atom. The molecule has 0 amide bonds. The van der Waals surface area contributed by atoms with Gasteiger partial charge in [0, 0.05) is 22.6 Å². The van der Waals surface area contributed by atoms with Crippen molar-refractivity contribution in [3.05, 3.63) is 96.6 Å². The predicted molar refractivity (Wildman–Crippen MR) is 96.6 cm³/mol. The van der Waals surface area contributed by atoms with Crippen LogP contribution in [0.1, 0.15) is 15.9 Å². The normalized spacial score (nSPS) is 10.1. The second-order valence-corrected chi connectivity index (χ2v) is 5.18. The van der Waals surface area contributed by atoms with E-state index in [0.717, 1.165) is 28.9 Å². The standard InChI is InChI=1S/C21H17NO/c1-2-17-8-12-20(13-9-17)22(19-6-4-3-5-7-19)21-14-10-18(16-23)11-15-21/h2-16H,1H2. The Morgan fingerprint density at radius 3 is 1.61 bits per heavy atom. The van der Waals surface area contributed by atoms with Gasteiger partial charge in [-0.25, -0.2) is 0 Å². The summed E-state index contributed by atoms with van der Waals surface area (Å²) in [7, 11) is 0. The zero-order valence-electron chi connectivity index (χ0n) is 12.7. The van der Waals surface area contributed by atoms with Gasteiger partial charge < -0.3 is 4.90 Å². The van der Waals surface area contributed by atoms with Gasteiger partial charge in [-0.3, -0.25) is 4.79 Å². The topological polar surface area (TPSA) is 20.3 Å². The average molecular weight is 299 g/mol. The lowest BCUT2D eigenvalue weighted by molar-refractivity contribution is 0.112. The van der Waals surface area contributed by atoms with Crippen LogP contribution in [0.2, 0.25) is 0 Å². The first kappa shape index (κ1) is 14.8. The molecule has 3 rings (SSSR count). The smallest absolute Gasteiger partial charge is 0.150 e. The maximum absolute atomic E-state index is 10.9. The van der Waals surface area contributed by atoms with Gasteiger partial charge in [0.1, 0.15) is 6.29 Å². The van der Waals surface area contributed by atoms with Crippen molar-refractivity contribution in [2.45, 2.75) is 0 Å². The largest absolute Gasteiger partial charge is 0.311 e. The van der Waals surface area contributed by atoms with Gasteiger partial charge in [0.2, 0.25) is 0 Å². The number of hydrogen-bond acceptors (Lipinski definition) is 2. The minimum absolute atomic E-state index is 0.670. The Kier molecular flexibility index (Phi) is 4.34. The van der Waals surface area contributed by atoms with E-state index in [1.807, 2.05) is 60.7 Å². The minimum Gasteiger partial charge on any atom is -0.311 e. The number of carbonyl (C=O) groups is 1. The number of nitrogens with zero attached hydrogens (tertiary/aromatic N) is 1. The van der Waals surface area contributed by atoms with Crippen LogP contribution in [0.3, 0.4) is 0 Å². The average Bonchev–Trinajstić information content (AvgIpc) is 2.64. The molecule has 3 aromatic rings. The zero-order chi connectivity index (χ0) is 16.1. The highest BCUT2D eigenvalue weighted by Gasteiger charge is 2.11. The lowest BCUT2D eigenvalue weighted by Gasteiger charge is -2.25. The number of para-hydroxylation sites is 1. The van der Waals surface area contributed by atoms with Crippen molar-refractivity contribution in [1.82, 2.24) is 0 Å². The summed E-state index contributed by atoms with van der Waals surface area (Å²) < 4.78 is 0. The van der Waals surface area contributed by atoms with Crippen LogP contribution in [0.5, 0.6) is 0 Å². The summed E-state index contributed by atoms with van der Waals surface area (Å²) in [6.07, 6.45) is 2.69. The Hall–Kier alpha value is -3.13. The number of rotatable bonds is 5. The molecular weight excluding hydrogens is 282 g/mol. The third kappa shape index (κ3) is 3.22. The molecule has 0 aromatic heterocycles. The highest BCUT2D eigenvalue weighted by Crippen LogP contribution is 2.34. The quantitative estimate of drug-likeness (QED) is 0.570. The lowest BCUT2D eigenvalue weighted by Crippen LogP contribution is -2.09. The SMILES string of the molecule is C=Cc1ccc(N(c2ccccc2)c2ccc(C=O)cc2)cc1. The van der Waals surface area contributed by atoms with Crippen molar-refractivity contribution in [2.75, 3.05) is 4.90 Å². The van der Waals surface area contributed by atoms with Crippen molar-refractivity contribution < 1.29 is 4.79 Å². The molecule has 0 aliphatic carbocycles. The third-order valence-corrected chi connectivity index (χ3v) is 3.69. The number of anilines is 3. The fourth-order valence-corrected chi connectivity index (χ4v) is 2.49. The van der Waals surface area contributed by atoms with Gasteiger partial charge in [-0.05, 0) is 54.1 Å². The van der Waals surface area contributed by atoms with Crippen molar-refractivity contribution in [3.63, 3.8) is 0 Å². The lowest BCUT2D eigenvalue weighted by atomic mass is 10.1. The molecule has 2 nitrogen and oxygen atoms in total. The molecule has 2 heteroatoms. The Balaban J connectivity index is 2.08. The number of carbonyl (C=O) groups excluding carboxylic acids is 1. The first-order valence-corrected chi connectivity index (χ1v) is 7.45. The van der Waals surface area contributed by atoms with Crippen LogP contribution in [-0.4, -0.2) is 6.29 Å². The molecule has 0 saturated carbocycles. The van der Waals surface area contributed by atoms with Crippen LogP contribution >= 0.6 is 0 Å². The van der Waals surface area contributed by atoms with Crippen molar-refractivity contribution >= 4 is 29.4 Å². The van der Waals surface area contributed by atoms with Gasteiger partial charge in [0.15, 0.2) is 0 Å². The number of aldehydes is 1. The van der Waals surface area contributed by atoms with Crippen molar-refractivity contribution in [1.29, 1.82) is 0 Å². The van der Waals surface area contributed by atoms with Crippen LogP contribution in [0.15, 0.2) is 85.4 Å². The second kappa shape index (κ2) is 6.75. The third-order valence-electron chi connectivity index (χ3n) is 3.69. The van der Waals surface area contributed by atoms with Gasteiger partial charge >= 0.3 is 0 Å². The van der Waals surface area contributed by atoms with Gasteiger partial charge in [-0.2, -0.15) is 0 Å². The van der Waals surface area contributed by atoms with E-state index in [9.17, 15) is 4.79 Å². The van der Waals surface area contributed by atoms with Crippen LogP contribution in [0, 0.1) is 0 Å². The summed E-state index contributed by atoms with van der Waals surface area (Å²) in [5, 5.41) is 0. The van der Waals surface area contributed by atoms with E-state index in [1.54, 1.807) is 0 Å². The summed E-state index contributed by atoms with van der Waals surface area (Å²) in [6, 6.07) is 25.9. The molecule has 0 aliphatic heterocycles. The molecular formula is C21H17NO.